The van der Waals surface area contributed by atoms with E-state index in [1.807, 2.05) is 4.90 Å². The van der Waals surface area contributed by atoms with Gasteiger partial charge in [-0.2, -0.15) is 0 Å². The minimum Gasteiger partial charge on any atom is -0.481 e. The molecule has 0 radical (unpaired) electrons. The van der Waals surface area contributed by atoms with E-state index in [9.17, 15) is 9.59 Å². The van der Waals surface area contributed by atoms with Crippen molar-refractivity contribution in [2.24, 2.45) is 5.92 Å². The zero-order valence-corrected chi connectivity index (χ0v) is 9.39. The lowest BCUT2D eigenvalue weighted by Crippen LogP contribution is -2.47. The Morgan fingerprint density at radius 2 is 1.62 bits per heavy atom. The number of hydrogen-bond donors (Lipinski definition) is 1. The Bertz CT molecular complexity index is 287. The number of likely N-dealkylation sites (tertiary alicyclic amines) is 2. The molecule has 0 unspecified atom stereocenters. The molecule has 16 heavy (non-hydrogen) atoms. The molecule has 0 spiro atoms. The van der Waals surface area contributed by atoms with Crippen molar-refractivity contribution in [3.63, 3.8) is 0 Å². The third-order valence-electron chi connectivity index (χ3n) is 3.42. The van der Waals surface area contributed by atoms with Crippen LogP contribution in [-0.2, 0) is 4.79 Å². The van der Waals surface area contributed by atoms with Crippen molar-refractivity contribution in [3.05, 3.63) is 0 Å². The maximum Gasteiger partial charge on any atom is 0.320 e. The van der Waals surface area contributed by atoms with E-state index in [1.165, 1.54) is 0 Å². The van der Waals surface area contributed by atoms with Crippen LogP contribution in [0.2, 0.25) is 0 Å². The van der Waals surface area contributed by atoms with Gasteiger partial charge < -0.3 is 14.9 Å². The molecule has 1 atom stereocenters. The van der Waals surface area contributed by atoms with Crippen LogP contribution in [0, 0.1) is 5.92 Å². The Morgan fingerprint density at radius 3 is 2.25 bits per heavy atom. The first-order valence-electron chi connectivity index (χ1n) is 5.95. The van der Waals surface area contributed by atoms with Crippen molar-refractivity contribution in [1.82, 2.24) is 9.80 Å². The quantitative estimate of drug-likeness (QED) is 0.725. The molecule has 0 aromatic rings. The molecular weight excluding hydrogens is 208 g/mol. The molecule has 2 aliphatic heterocycles. The summed E-state index contributed by atoms with van der Waals surface area (Å²) in [7, 11) is 0. The average molecular weight is 226 g/mol. The van der Waals surface area contributed by atoms with E-state index < -0.39 is 5.97 Å². The second kappa shape index (κ2) is 4.72. The fourth-order valence-electron chi connectivity index (χ4n) is 2.46. The van der Waals surface area contributed by atoms with E-state index in [0.29, 0.717) is 19.5 Å². The number of nitrogens with zero attached hydrogens (tertiary/aromatic N) is 2. The number of rotatable bonds is 1. The number of urea groups is 1. The van der Waals surface area contributed by atoms with Crippen LogP contribution in [0.1, 0.15) is 25.7 Å². The first-order valence-corrected chi connectivity index (χ1v) is 5.95. The smallest absolute Gasteiger partial charge is 0.320 e. The van der Waals surface area contributed by atoms with Gasteiger partial charge in [-0.25, -0.2) is 4.79 Å². The lowest BCUT2D eigenvalue weighted by Gasteiger charge is -2.33. The van der Waals surface area contributed by atoms with Crippen LogP contribution in [0.5, 0.6) is 0 Å². The number of aliphatic carboxylic acids is 1. The van der Waals surface area contributed by atoms with E-state index in [4.69, 9.17) is 5.11 Å². The molecule has 0 aromatic heterocycles. The fourth-order valence-corrected chi connectivity index (χ4v) is 2.46. The summed E-state index contributed by atoms with van der Waals surface area (Å²) >= 11 is 0. The maximum atomic E-state index is 12.0. The molecule has 1 N–H and O–H groups in total. The highest BCUT2D eigenvalue weighted by Gasteiger charge is 2.31. The molecule has 2 saturated heterocycles. The molecule has 2 amide bonds. The summed E-state index contributed by atoms with van der Waals surface area (Å²) in [5.74, 6) is -1.15. The van der Waals surface area contributed by atoms with Crippen LogP contribution in [0.3, 0.4) is 0 Å². The number of carboxylic acid groups (broad SMARTS) is 1. The van der Waals surface area contributed by atoms with Gasteiger partial charge in [0, 0.05) is 26.2 Å². The second-order valence-electron chi connectivity index (χ2n) is 4.60. The Hall–Kier alpha value is -1.26. The number of amides is 2. The molecule has 2 aliphatic rings. The van der Waals surface area contributed by atoms with E-state index in [0.717, 1.165) is 32.4 Å². The summed E-state index contributed by atoms with van der Waals surface area (Å²) in [6.45, 7) is 2.74. The highest BCUT2D eigenvalue weighted by molar-refractivity contribution is 5.76. The molecule has 5 nitrogen and oxygen atoms in total. The van der Waals surface area contributed by atoms with E-state index in [-0.39, 0.29) is 11.9 Å². The molecule has 2 heterocycles. The van der Waals surface area contributed by atoms with Gasteiger partial charge in [0.15, 0.2) is 0 Å². The summed E-state index contributed by atoms with van der Waals surface area (Å²) in [5.41, 5.74) is 0. The van der Waals surface area contributed by atoms with Crippen molar-refractivity contribution in [1.29, 1.82) is 0 Å². The van der Waals surface area contributed by atoms with Crippen molar-refractivity contribution < 1.29 is 14.7 Å². The zero-order valence-electron chi connectivity index (χ0n) is 9.39. The Balaban J connectivity index is 1.93. The monoisotopic (exact) mass is 226 g/mol. The van der Waals surface area contributed by atoms with E-state index >= 15 is 0 Å². The van der Waals surface area contributed by atoms with Crippen LogP contribution >= 0.6 is 0 Å². The summed E-state index contributed by atoms with van der Waals surface area (Å²) in [6.07, 6.45) is 3.64. The van der Waals surface area contributed by atoms with Crippen molar-refractivity contribution in [2.45, 2.75) is 25.7 Å². The normalized spacial score (nSPS) is 25.9. The predicted octanol–water partition coefficient (Wildman–Crippen LogP) is 0.999. The summed E-state index contributed by atoms with van der Waals surface area (Å²) in [4.78, 5) is 26.5. The van der Waals surface area contributed by atoms with Gasteiger partial charge in [0.1, 0.15) is 0 Å². The molecule has 0 bridgehead atoms. The molecule has 2 fully saturated rings. The largest absolute Gasteiger partial charge is 0.481 e. The Labute approximate surface area is 95.0 Å². The van der Waals surface area contributed by atoms with Crippen LogP contribution < -0.4 is 0 Å². The topological polar surface area (TPSA) is 60.9 Å². The molecule has 5 heteroatoms. The zero-order chi connectivity index (χ0) is 11.5. The Morgan fingerprint density at radius 1 is 1.00 bits per heavy atom. The average Bonchev–Trinajstić information content (AvgIpc) is 2.81. The minimum atomic E-state index is -0.779. The van der Waals surface area contributed by atoms with Gasteiger partial charge in [0.25, 0.3) is 0 Å². The van der Waals surface area contributed by atoms with Gasteiger partial charge in [0.05, 0.1) is 5.92 Å². The number of hydrogen-bond acceptors (Lipinski definition) is 2. The molecule has 0 aromatic carbocycles. The van der Waals surface area contributed by atoms with Crippen LogP contribution in [-0.4, -0.2) is 53.1 Å². The lowest BCUT2D eigenvalue weighted by atomic mass is 9.99. The highest BCUT2D eigenvalue weighted by Crippen LogP contribution is 2.19. The van der Waals surface area contributed by atoms with Gasteiger partial charge in [0.2, 0.25) is 0 Å². The first kappa shape index (κ1) is 11.2. The van der Waals surface area contributed by atoms with Gasteiger partial charge in [-0.15, -0.1) is 0 Å². The number of carboxylic acids is 1. The Kier molecular flexibility index (Phi) is 3.31. The molecular formula is C11H18N2O3. The molecule has 90 valence electrons. The molecule has 0 saturated carbocycles. The third-order valence-corrected chi connectivity index (χ3v) is 3.42. The first-order chi connectivity index (χ1) is 7.68. The lowest BCUT2D eigenvalue weighted by molar-refractivity contribution is -0.143. The van der Waals surface area contributed by atoms with Crippen LogP contribution in [0.4, 0.5) is 4.79 Å². The maximum absolute atomic E-state index is 12.0. The van der Waals surface area contributed by atoms with Gasteiger partial charge in [-0.1, -0.05) is 0 Å². The van der Waals surface area contributed by atoms with Crippen LogP contribution in [0.25, 0.3) is 0 Å². The van der Waals surface area contributed by atoms with Crippen molar-refractivity contribution in [2.75, 3.05) is 26.2 Å². The summed E-state index contributed by atoms with van der Waals surface area (Å²) in [6, 6.07) is 0.0310. The van der Waals surface area contributed by atoms with E-state index in [1.54, 1.807) is 4.90 Å². The number of piperidine rings is 1. The fraction of sp³-hybridized carbons (Fsp3) is 0.818. The summed E-state index contributed by atoms with van der Waals surface area (Å²) in [5, 5.41) is 8.95. The predicted molar refractivity (Wildman–Crippen MR) is 58.1 cm³/mol. The van der Waals surface area contributed by atoms with Crippen LogP contribution in [0.15, 0.2) is 0 Å². The molecule has 2 rings (SSSR count). The minimum absolute atomic E-state index is 0.0310. The number of carbonyl (C=O) groups excluding carboxylic acids is 1. The SMILES string of the molecule is O=C(O)[C@@H]1CCCN(C(=O)N2CCCC2)C1. The van der Waals surface area contributed by atoms with Crippen molar-refractivity contribution in [3.8, 4) is 0 Å². The molecule has 0 aliphatic carbocycles. The van der Waals surface area contributed by atoms with Gasteiger partial charge in [-0.05, 0) is 25.7 Å². The van der Waals surface area contributed by atoms with Gasteiger partial charge >= 0.3 is 12.0 Å². The van der Waals surface area contributed by atoms with Crippen molar-refractivity contribution >= 4 is 12.0 Å². The second-order valence-corrected chi connectivity index (χ2v) is 4.60. The van der Waals surface area contributed by atoms with E-state index in [2.05, 4.69) is 0 Å². The highest BCUT2D eigenvalue weighted by atomic mass is 16.4. The number of carbonyl (C=O) groups is 2. The standard InChI is InChI=1S/C11H18N2O3/c14-10(15)9-4-3-7-13(8-9)11(16)12-5-1-2-6-12/h9H,1-8H2,(H,14,15)/t9-/m1/s1. The van der Waals surface area contributed by atoms with Gasteiger partial charge in [-0.3, -0.25) is 4.79 Å². The third kappa shape index (κ3) is 2.28. The summed E-state index contributed by atoms with van der Waals surface area (Å²) < 4.78 is 0.